The van der Waals surface area contributed by atoms with Gasteiger partial charge in [-0.2, -0.15) is 16.8 Å². The number of rotatable bonds is 6. The summed E-state index contributed by atoms with van der Waals surface area (Å²) in [6.45, 7) is 1.05. The molecule has 0 spiro atoms. The van der Waals surface area contributed by atoms with Crippen molar-refractivity contribution in [2.75, 3.05) is 0 Å². The zero-order valence-electron chi connectivity index (χ0n) is 14.6. The minimum atomic E-state index is -5.11. The number of hydrogen-bond acceptors (Lipinski definition) is 9. The maximum absolute atomic E-state index is 11.8. The molecule has 154 valence electrons. The third-order valence-electron chi connectivity index (χ3n) is 3.47. The highest BCUT2D eigenvalue weighted by Gasteiger charge is 2.24. The Morgan fingerprint density at radius 3 is 2.03 bits per heavy atom. The van der Waals surface area contributed by atoms with E-state index >= 15 is 0 Å². The van der Waals surface area contributed by atoms with E-state index in [2.05, 4.69) is 10.2 Å². The Hall–Kier alpha value is -3.13. The van der Waals surface area contributed by atoms with Gasteiger partial charge in [0.05, 0.1) is 4.90 Å². The number of aromatic hydroxyl groups is 1. The number of aliphatic hydroxyl groups excluding tert-OH is 1. The molecule has 0 aliphatic heterocycles. The number of hydrogen-bond donors (Lipinski definition) is 4. The molecule has 0 radical (unpaired) electrons. The van der Waals surface area contributed by atoms with Crippen LogP contribution in [0.25, 0.3) is 5.76 Å². The molecule has 0 bridgehead atoms. The van der Waals surface area contributed by atoms with Gasteiger partial charge in [-0.3, -0.25) is 13.9 Å². The lowest BCUT2D eigenvalue weighted by Crippen LogP contribution is -2.04. The van der Waals surface area contributed by atoms with Gasteiger partial charge in [-0.25, -0.2) is 0 Å². The maximum atomic E-state index is 11.8. The summed E-state index contributed by atoms with van der Waals surface area (Å²) in [6.07, 6.45) is 0. The van der Waals surface area contributed by atoms with E-state index in [1.165, 1.54) is 12.1 Å². The third-order valence-corrected chi connectivity index (χ3v) is 5.17. The number of carbonyl (C=O) groups excluding carboxylic acids is 1. The van der Waals surface area contributed by atoms with Crippen LogP contribution in [0.15, 0.2) is 68.2 Å². The van der Waals surface area contributed by atoms with Crippen LogP contribution in [-0.2, 0) is 25.0 Å². The first kappa shape index (κ1) is 22.2. The Balaban J connectivity index is 2.71. The minimum absolute atomic E-state index is 0.200. The Morgan fingerprint density at radius 1 is 0.966 bits per heavy atom. The van der Waals surface area contributed by atoms with Crippen molar-refractivity contribution in [2.45, 2.75) is 16.7 Å². The van der Waals surface area contributed by atoms with Crippen molar-refractivity contribution in [3.8, 4) is 5.75 Å². The zero-order chi connectivity index (χ0) is 22.0. The van der Waals surface area contributed by atoms with E-state index in [-0.39, 0.29) is 5.56 Å². The molecule has 2 aromatic carbocycles. The molecule has 0 aliphatic carbocycles. The lowest BCUT2D eigenvalue weighted by Gasteiger charge is -2.07. The summed E-state index contributed by atoms with van der Waals surface area (Å²) in [5.74, 6) is -2.52. The van der Waals surface area contributed by atoms with Crippen LogP contribution in [0.3, 0.4) is 0 Å². The molecule has 0 saturated carbocycles. The highest BCUT2D eigenvalue weighted by atomic mass is 32.2. The van der Waals surface area contributed by atoms with Gasteiger partial charge in [0.2, 0.25) is 0 Å². The van der Waals surface area contributed by atoms with E-state index in [1.54, 1.807) is 18.2 Å². The second-order valence-electron chi connectivity index (χ2n) is 5.56. The molecule has 2 rings (SSSR count). The second kappa shape index (κ2) is 8.08. The molecular formula is C16H14N2O9S2. The first-order chi connectivity index (χ1) is 13.3. The number of aliphatic hydroxyl groups is 1. The smallest absolute Gasteiger partial charge is 0.298 e. The van der Waals surface area contributed by atoms with Gasteiger partial charge in [-0.1, -0.05) is 30.3 Å². The van der Waals surface area contributed by atoms with Crippen LogP contribution >= 0.6 is 0 Å². The highest BCUT2D eigenvalue weighted by molar-refractivity contribution is 7.86. The summed E-state index contributed by atoms with van der Waals surface area (Å²) in [6, 6.07) is 8.58. The van der Waals surface area contributed by atoms with Crippen LogP contribution < -0.4 is 0 Å². The van der Waals surface area contributed by atoms with Crippen LogP contribution in [0, 0.1) is 0 Å². The summed E-state index contributed by atoms with van der Waals surface area (Å²) in [5.41, 5.74) is -1.19. The van der Waals surface area contributed by atoms with Crippen molar-refractivity contribution >= 4 is 37.5 Å². The molecule has 0 atom stereocenters. The summed E-state index contributed by atoms with van der Waals surface area (Å²) in [4.78, 5) is 9.53. The molecule has 2 aromatic rings. The zero-order valence-corrected chi connectivity index (χ0v) is 16.2. The van der Waals surface area contributed by atoms with Gasteiger partial charge in [0.15, 0.2) is 23.0 Å². The number of Topliss-reactive ketones (excluding diaryl/α,β-unsaturated/α-hetero) is 1. The van der Waals surface area contributed by atoms with Crippen molar-refractivity contribution in [1.29, 1.82) is 0 Å². The molecule has 4 N–H and O–H groups in total. The predicted octanol–water partition coefficient (Wildman–Crippen LogP) is 2.49. The lowest BCUT2D eigenvalue weighted by atomic mass is 10.1. The first-order valence-corrected chi connectivity index (χ1v) is 10.4. The number of phenolic OH excluding ortho intramolecular Hbond substituents is 1. The fraction of sp³-hybridized carbons (Fsp3) is 0.0625. The van der Waals surface area contributed by atoms with E-state index in [4.69, 9.17) is 9.11 Å². The number of phenols is 1. The molecule has 29 heavy (non-hydrogen) atoms. The largest absolute Gasteiger partial charge is 0.505 e. The molecule has 11 nitrogen and oxygen atoms in total. The summed E-state index contributed by atoms with van der Waals surface area (Å²) in [5, 5.41) is 27.1. The van der Waals surface area contributed by atoms with E-state index in [0.29, 0.717) is 12.1 Å². The van der Waals surface area contributed by atoms with Gasteiger partial charge in [0.25, 0.3) is 20.2 Å². The molecule has 0 unspecified atom stereocenters. The Morgan fingerprint density at radius 2 is 1.55 bits per heavy atom. The SMILES string of the molecule is CC(=O)/C(N=Nc1cc(S(=O)(=O)O)cc(S(=O)(=O)O)c1O)=C(\O)c1ccccc1. The van der Waals surface area contributed by atoms with E-state index in [0.717, 1.165) is 6.92 Å². The predicted molar refractivity (Wildman–Crippen MR) is 98.9 cm³/mol. The molecule has 0 aliphatic rings. The van der Waals surface area contributed by atoms with Gasteiger partial charge in [-0.05, 0) is 12.1 Å². The molecule has 0 heterocycles. The number of nitrogens with zero attached hydrogens (tertiary/aromatic N) is 2. The summed E-state index contributed by atoms with van der Waals surface area (Å²) >= 11 is 0. The van der Waals surface area contributed by atoms with Crippen LogP contribution in [0.5, 0.6) is 5.75 Å². The number of carbonyl (C=O) groups is 1. The van der Waals surface area contributed by atoms with Gasteiger partial charge in [0, 0.05) is 12.5 Å². The van der Waals surface area contributed by atoms with Crippen molar-refractivity contribution in [1.82, 2.24) is 0 Å². The summed E-state index contributed by atoms with van der Waals surface area (Å²) in [7, 11) is -10.1. The van der Waals surface area contributed by atoms with Crippen LogP contribution in [0.4, 0.5) is 5.69 Å². The van der Waals surface area contributed by atoms with E-state index in [9.17, 15) is 31.8 Å². The fourth-order valence-electron chi connectivity index (χ4n) is 2.11. The third kappa shape index (κ3) is 5.23. The Labute approximate surface area is 165 Å². The average Bonchev–Trinajstić information content (AvgIpc) is 2.61. The summed E-state index contributed by atoms with van der Waals surface area (Å²) < 4.78 is 63.7. The van der Waals surface area contributed by atoms with Gasteiger partial charge in [0.1, 0.15) is 10.6 Å². The van der Waals surface area contributed by atoms with E-state index in [1.807, 2.05) is 0 Å². The normalized spacial score (nSPS) is 13.3. The van der Waals surface area contributed by atoms with Crippen LogP contribution in [-0.4, -0.2) is 41.9 Å². The van der Waals surface area contributed by atoms with Crippen LogP contribution in [0.2, 0.25) is 0 Å². The number of azo groups is 1. The van der Waals surface area contributed by atoms with Gasteiger partial charge < -0.3 is 10.2 Å². The average molecular weight is 442 g/mol. The Bertz CT molecular complexity index is 1230. The maximum Gasteiger partial charge on any atom is 0.298 e. The molecule has 0 fully saturated rings. The van der Waals surface area contributed by atoms with Crippen LogP contribution in [0.1, 0.15) is 12.5 Å². The lowest BCUT2D eigenvalue weighted by molar-refractivity contribution is -0.113. The number of benzene rings is 2. The molecule has 0 aromatic heterocycles. The van der Waals surface area contributed by atoms with Crippen molar-refractivity contribution in [3.63, 3.8) is 0 Å². The van der Waals surface area contributed by atoms with Crippen molar-refractivity contribution in [3.05, 3.63) is 53.7 Å². The van der Waals surface area contributed by atoms with E-state index < -0.39 is 58.7 Å². The van der Waals surface area contributed by atoms with Crippen molar-refractivity contribution < 1.29 is 40.9 Å². The van der Waals surface area contributed by atoms with Gasteiger partial charge >= 0.3 is 0 Å². The second-order valence-corrected chi connectivity index (χ2v) is 8.37. The molecule has 0 amide bonds. The standard InChI is InChI=1S/C16H14N2O9S2/c1-9(19)14(15(20)10-5-3-2-4-6-10)18-17-12-7-11(28(22,23)24)8-13(16(12)21)29(25,26)27/h2-8,20-21H,1H3,(H,22,23,24)(H,25,26,27)/b15-14+,18-17?. The number of ketones is 1. The Kier molecular flexibility index (Phi) is 6.18. The van der Waals surface area contributed by atoms with Crippen molar-refractivity contribution in [2.24, 2.45) is 10.2 Å². The molecule has 0 saturated heterocycles. The van der Waals surface area contributed by atoms with Gasteiger partial charge in [-0.15, -0.1) is 10.2 Å². The topological polar surface area (TPSA) is 191 Å². The molecular weight excluding hydrogens is 428 g/mol. The fourth-order valence-corrected chi connectivity index (χ4v) is 3.34. The minimum Gasteiger partial charge on any atom is -0.505 e. The first-order valence-electron chi connectivity index (χ1n) is 7.55. The monoisotopic (exact) mass is 442 g/mol. The highest BCUT2D eigenvalue weighted by Crippen LogP contribution is 2.37. The molecule has 13 heteroatoms. The number of allylic oxidation sites excluding steroid dienone is 1. The quantitative estimate of drug-likeness (QED) is 0.225.